The summed E-state index contributed by atoms with van der Waals surface area (Å²) in [5.74, 6) is 0.578. The van der Waals surface area contributed by atoms with Gasteiger partial charge >= 0.3 is 5.97 Å². The molecule has 0 spiro atoms. The van der Waals surface area contributed by atoms with E-state index in [0.717, 1.165) is 22.3 Å². The third-order valence-electron chi connectivity index (χ3n) is 4.80. The number of carbonyl (C=O) groups is 1. The molecule has 0 aliphatic carbocycles. The maximum absolute atomic E-state index is 13.1. The molecule has 0 atom stereocenters. The molecule has 1 aliphatic rings. The fourth-order valence-electron chi connectivity index (χ4n) is 3.13. The van der Waals surface area contributed by atoms with Gasteiger partial charge in [-0.1, -0.05) is 35.9 Å². The zero-order chi connectivity index (χ0) is 22.5. The van der Waals surface area contributed by atoms with Gasteiger partial charge in [-0.25, -0.2) is 14.2 Å². The third-order valence-corrected chi connectivity index (χ3v) is 4.80. The van der Waals surface area contributed by atoms with Gasteiger partial charge in [0.2, 0.25) is 5.90 Å². The number of cyclic esters (lactones) is 1. The molecule has 1 aliphatic heterocycles. The lowest BCUT2D eigenvalue weighted by Gasteiger charge is -2.13. The number of hydrogen-bond acceptors (Lipinski definition) is 5. The molecule has 1 heterocycles. The van der Waals surface area contributed by atoms with Gasteiger partial charge in [-0.05, 0) is 67.4 Å². The van der Waals surface area contributed by atoms with Crippen molar-refractivity contribution >= 4 is 17.9 Å². The minimum atomic E-state index is -0.504. The molecular formula is C26H22FNO4. The van der Waals surface area contributed by atoms with Crippen LogP contribution >= 0.6 is 0 Å². The summed E-state index contributed by atoms with van der Waals surface area (Å²) in [4.78, 5) is 16.7. The molecule has 0 saturated heterocycles. The first-order chi connectivity index (χ1) is 15.5. The van der Waals surface area contributed by atoms with E-state index in [4.69, 9.17) is 14.2 Å². The fraction of sp³-hybridized carbons (Fsp3) is 0.154. The number of ether oxygens (including phenoxy) is 3. The summed E-state index contributed by atoms with van der Waals surface area (Å²) in [5.41, 5.74) is 3.63. The van der Waals surface area contributed by atoms with Crippen LogP contribution in [0.1, 0.15) is 29.2 Å². The van der Waals surface area contributed by atoms with Crippen LogP contribution in [-0.4, -0.2) is 18.5 Å². The van der Waals surface area contributed by atoms with E-state index in [1.165, 1.54) is 12.1 Å². The van der Waals surface area contributed by atoms with Crippen LogP contribution in [0.25, 0.3) is 6.08 Å². The van der Waals surface area contributed by atoms with Gasteiger partial charge in [-0.3, -0.25) is 0 Å². The minimum absolute atomic E-state index is 0.211. The van der Waals surface area contributed by atoms with Crippen molar-refractivity contribution in [1.29, 1.82) is 0 Å². The van der Waals surface area contributed by atoms with Gasteiger partial charge in [0, 0.05) is 5.56 Å². The molecule has 0 N–H and O–H groups in total. The average molecular weight is 431 g/mol. The minimum Gasteiger partial charge on any atom is -0.490 e. The van der Waals surface area contributed by atoms with Crippen LogP contribution in [-0.2, 0) is 16.1 Å². The van der Waals surface area contributed by atoms with Crippen molar-refractivity contribution in [2.45, 2.75) is 20.5 Å². The molecule has 0 radical (unpaired) electrons. The first kappa shape index (κ1) is 21.3. The lowest BCUT2D eigenvalue weighted by atomic mass is 10.1. The number of nitrogens with zero attached hydrogens (tertiary/aromatic N) is 1. The first-order valence-electron chi connectivity index (χ1n) is 10.3. The van der Waals surface area contributed by atoms with Gasteiger partial charge < -0.3 is 14.2 Å². The Hall–Kier alpha value is -3.93. The van der Waals surface area contributed by atoms with E-state index < -0.39 is 5.97 Å². The highest BCUT2D eigenvalue weighted by Gasteiger charge is 2.24. The van der Waals surface area contributed by atoms with Crippen LogP contribution < -0.4 is 9.47 Å². The fourth-order valence-corrected chi connectivity index (χ4v) is 3.13. The number of benzene rings is 3. The van der Waals surface area contributed by atoms with Gasteiger partial charge in [-0.2, -0.15) is 0 Å². The van der Waals surface area contributed by atoms with Gasteiger partial charge in [0.25, 0.3) is 0 Å². The summed E-state index contributed by atoms with van der Waals surface area (Å²) in [6, 6.07) is 19.1. The largest absolute Gasteiger partial charge is 0.490 e. The van der Waals surface area contributed by atoms with Crippen LogP contribution in [0, 0.1) is 12.7 Å². The van der Waals surface area contributed by atoms with Crippen LogP contribution in [0.4, 0.5) is 4.39 Å². The predicted octanol–water partition coefficient (Wildman–Crippen LogP) is 5.46. The molecule has 4 rings (SSSR count). The molecule has 162 valence electrons. The zero-order valence-electron chi connectivity index (χ0n) is 17.8. The van der Waals surface area contributed by atoms with Crippen molar-refractivity contribution < 1.29 is 23.4 Å². The van der Waals surface area contributed by atoms with Crippen molar-refractivity contribution in [3.8, 4) is 11.5 Å². The van der Waals surface area contributed by atoms with Crippen molar-refractivity contribution in [3.63, 3.8) is 0 Å². The SMILES string of the molecule is CCOc1cc(/C=C2\N=C(c3ccc(C)cc3)OC2=O)ccc1OCc1ccc(F)cc1. The Kier molecular flexibility index (Phi) is 6.31. The molecule has 5 nitrogen and oxygen atoms in total. The lowest BCUT2D eigenvalue weighted by Crippen LogP contribution is -2.05. The monoisotopic (exact) mass is 431 g/mol. The highest BCUT2D eigenvalue weighted by Crippen LogP contribution is 2.31. The summed E-state index contributed by atoms with van der Waals surface area (Å²) in [6.07, 6.45) is 1.65. The summed E-state index contributed by atoms with van der Waals surface area (Å²) in [7, 11) is 0. The van der Waals surface area contributed by atoms with E-state index in [1.807, 2.05) is 44.2 Å². The number of carbonyl (C=O) groups excluding carboxylic acids is 1. The van der Waals surface area contributed by atoms with Gasteiger partial charge in [0.1, 0.15) is 12.4 Å². The Balaban J connectivity index is 1.54. The molecule has 0 unspecified atom stereocenters. The maximum Gasteiger partial charge on any atom is 0.363 e. The lowest BCUT2D eigenvalue weighted by molar-refractivity contribution is -0.129. The Morgan fingerprint density at radius 2 is 1.72 bits per heavy atom. The van der Waals surface area contributed by atoms with Crippen molar-refractivity contribution in [3.05, 3.63) is 100 Å². The summed E-state index contributed by atoms with van der Waals surface area (Å²) in [6.45, 7) is 4.59. The number of esters is 1. The third kappa shape index (κ3) is 5.03. The van der Waals surface area contributed by atoms with Gasteiger partial charge in [-0.15, -0.1) is 0 Å². The van der Waals surface area contributed by atoms with E-state index in [2.05, 4.69) is 4.99 Å². The molecule has 0 bridgehead atoms. The van der Waals surface area contributed by atoms with Crippen LogP contribution in [0.2, 0.25) is 0 Å². The number of halogens is 1. The molecule has 32 heavy (non-hydrogen) atoms. The second kappa shape index (κ2) is 9.47. The summed E-state index contributed by atoms with van der Waals surface area (Å²) in [5, 5.41) is 0. The molecule has 6 heteroatoms. The zero-order valence-corrected chi connectivity index (χ0v) is 17.8. The average Bonchev–Trinajstić information content (AvgIpc) is 3.15. The molecule has 0 amide bonds. The number of hydrogen-bond donors (Lipinski definition) is 0. The Bertz CT molecular complexity index is 1180. The summed E-state index contributed by atoms with van der Waals surface area (Å²) < 4.78 is 30.0. The Morgan fingerprint density at radius 1 is 0.969 bits per heavy atom. The topological polar surface area (TPSA) is 57.1 Å². The van der Waals surface area contributed by atoms with Gasteiger partial charge in [0.05, 0.1) is 6.61 Å². The molecule has 3 aromatic carbocycles. The number of aryl methyl sites for hydroxylation is 1. The smallest absolute Gasteiger partial charge is 0.363 e. The summed E-state index contributed by atoms with van der Waals surface area (Å²) >= 11 is 0. The first-order valence-corrected chi connectivity index (χ1v) is 10.3. The molecule has 0 saturated carbocycles. The molecule has 0 fully saturated rings. The highest BCUT2D eigenvalue weighted by molar-refractivity contribution is 6.12. The van der Waals surface area contributed by atoms with Crippen molar-refractivity contribution in [2.75, 3.05) is 6.61 Å². The van der Waals surface area contributed by atoms with Crippen molar-refractivity contribution in [2.24, 2.45) is 4.99 Å². The van der Waals surface area contributed by atoms with E-state index in [9.17, 15) is 9.18 Å². The second-order valence-electron chi connectivity index (χ2n) is 7.26. The Labute approximate surface area is 185 Å². The van der Waals surface area contributed by atoms with E-state index in [0.29, 0.717) is 18.1 Å². The Morgan fingerprint density at radius 3 is 2.44 bits per heavy atom. The molecule has 3 aromatic rings. The van der Waals surface area contributed by atoms with E-state index >= 15 is 0 Å². The number of aliphatic imine (C=N–C) groups is 1. The standard InChI is InChI=1S/C26H22FNO4/c1-3-30-24-15-19(8-13-23(24)31-16-18-6-11-21(27)12-7-18)14-22-26(29)32-25(28-22)20-9-4-17(2)5-10-20/h4-15H,3,16H2,1-2H3/b22-14-. The van der Waals surface area contributed by atoms with Crippen LogP contribution in [0.15, 0.2) is 77.4 Å². The normalized spacial score (nSPS) is 14.3. The molecule has 0 aromatic heterocycles. The van der Waals surface area contributed by atoms with Gasteiger partial charge in [0.15, 0.2) is 17.2 Å². The van der Waals surface area contributed by atoms with Crippen molar-refractivity contribution in [1.82, 2.24) is 0 Å². The van der Waals surface area contributed by atoms with E-state index in [-0.39, 0.29) is 24.0 Å². The number of rotatable bonds is 7. The van der Waals surface area contributed by atoms with Crippen LogP contribution in [0.3, 0.4) is 0 Å². The van der Waals surface area contributed by atoms with Crippen LogP contribution in [0.5, 0.6) is 11.5 Å². The van der Waals surface area contributed by atoms with E-state index in [1.54, 1.807) is 30.3 Å². The maximum atomic E-state index is 13.1. The quantitative estimate of drug-likeness (QED) is 0.368. The predicted molar refractivity (Wildman–Crippen MR) is 120 cm³/mol. The highest BCUT2D eigenvalue weighted by atomic mass is 19.1. The molecular weight excluding hydrogens is 409 g/mol. The second-order valence-corrected chi connectivity index (χ2v) is 7.26.